The van der Waals surface area contributed by atoms with E-state index in [1.54, 1.807) is 5.57 Å². The molecule has 0 amide bonds. The molecule has 3 saturated carbocycles. The van der Waals surface area contributed by atoms with Crippen molar-refractivity contribution in [2.45, 2.75) is 125 Å². The van der Waals surface area contributed by atoms with Crippen LogP contribution in [-0.4, -0.2) is 24.1 Å². The lowest BCUT2D eigenvalue weighted by Gasteiger charge is -2.58. The van der Waals surface area contributed by atoms with Crippen molar-refractivity contribution in [1.82, 2.24) is 0 Å². The standard InChI is InChI=1S/C31H50O4/c1-19(2)29(35-22(5)33)13-8-20(3)26-11-12-27-25-10-9-23-18-24(34-21(4)32)14-16-30(23,6)28(25)15-17-31(26,27)7/h9,19-20,24-29H,8,10-18H2,1-7H3/t20-,24+,25+,26-,27+,28+,29-,30+,31-/m1/s1. The van der Waals surface area contributed by atoms with Crippen molar-refractivity contribution in [2.24, 2.45) is 46.3 Å². The van der Waals surface area contributed by atoms with Crippen LogP contribution in [0.15, 0.2) is 11.6 Å². The lowest BCUT2D eigenvalue weighted by molar-refractivity contribution is -0.149. The van der Waals surface area contributed by atoms with Crippen molar-refractivity contribution < 1.29 is 19.1 Å². The van der Waals surface area contributed by atoms with Crippen LogP contribution in [0, 0.1) is 46.3 Å². The fraction of sp³-hybridized carbons (Fsp3) is 0.871. The molecule has 198 valence electrons. The van der Waals surface area contributed by atoms with Crippen LogP contribution in [0.1, 0.15) is 113 Å². The van der Waals surface area contributed by atoms with Gasteiger partial charge in [0.15, 0.2) is 0 Å². The summed E-state index contributed by atoms with van der Waals surface area (Å²) >= 11 is 0. The van der Waals surface area contributed by atoms with E-state index in [1.807, 2.05) is 0 Å². The molecule has 4 aliphatic carbocycles. The summed E-state index contributed by atoms with van der Waals surface area (Å²) in [6.07, 6.45) is 14.6. The van der Waals surface area contributed by atoms with Gasteiger partial charge in [0.25, 0.3) is 0 Å². The molecule has 4 aliphatic rings. The molecular weight excluding hydrogens is 436 g/mol. The first-order valence-corrected chi connectivity index (χ1v) is 14.5. The number of rotatable bonds is 7. The summed E-state index contributed by atoms with van der Waals surface area (Å²) in [5, 5.41) is 0. The Labute approximate surface area is 214 Å². The van der Waals surface area contributed by atoms with Gasteiger partial charge in [0.2, 0.25) is 0 Å². The van der Waals surface area contributed by atoms with Gasteiger partial charge < -0.3 is 9.47 Å². The van der Waals surface area contributed by atoms with E-state index in [0.717, 1.165) is 55.8 Å². The maximum Gasteiger partial charge on any atom is 0.302 e. The Morgan fingerprint density at radius 3 is 2.37 bits per heavy atom. The van der Waals surface area contributed by atoms with Crippen LogP contribution >= 0.6 is 0 Å². The zero-order chi connectivity index (χ0) is 25.5. The van der Waals surface area contributed by atoms with Crippen molar-refractivity contribution in [3.63, 3.8) is 0 Å². The van der Waals surface area contributed by atoms with Crippen LogP contribution in [0.25, 0.3) is 0 Å². The normalized spacial score (nSPS) is 40.1. The van der Waals surface area contributed by atoms with Crippen molar-refractivity contribution in [1.29, 1.82) is 0 Å². The van der Waals surface area contributed by atoms with Gasteiger partial charge in [0.05, 0.1) is 0 Å². The lowest BCUT2D eigenvalue weighted by atomic mass is 9.47. The number of hydrogen-bond acceptors (Lipinski definition) is 4. The molecule has 0 spiro atoms. The molecule has 4 rings (SSSR count). The lowest BCUT2D eigenvalue weighted by Crippen LogP contribution is -2.51. The van der Waals surface area contributed by atoms with Gasteiger partial charge in [-0.1, -0.05) is 46.3 Å². The number of ether oxygens (including phenoxy) is 2. The summed E-state index contributed by atoms with van der Waals surface area (Å²) in [7, 11) is 0. The van der Waals surface area contributed by atoms with Gasteiger partial charge >= 0.3 is 11.9 Å². The van der Waals surface area contributed by atoms with Gasteiger partial charge in [0, 0.05) is 20.3 Å². The van der Waals surface area contributed by atoms with Gasteiger partial charge in [-0.3, -0.25) is 9.59 Å². The SMILES string of the molecule is CC(=O)O[C@H]1CC[C@@]2(C)C(=CC[C@H]3[C@@H]4CC[C@H]([C@H](C)CC[C@@H](OC(C)=O)C(C)C)[C@@]4(C)CC[C@@H]32)C1. The third-order valence-corrected chi connectivity index (χ3v) is 11.1. The van der Waals surface area contributed by atoms with E-state index in [1.165, 1.54) is 46.0 Å². The molecule has 9 atom stereocenters. The van der Waals surface area contributed by atoms with Crippen LogP contribution in [-0.2, 0) is 19.1 Å². The first kappa shape index (κ1) is 26.7. The van der Waals surface area contributed by atoms with Gasteiger partial charge in [-0.05, 0) is 104 Å². The highest BCUT2D eigenvalue weighted by molar-refractivity contribution is 5.66. The molecule has 0 aromatic rings. The Kier molecular flexibility index (Phi) is 7.80. The third kappa shape index (κ3) is 5.10. The van der Waals surface area contributed by atoms with Crippen molar-refractivity contribution in [3.05, 3.63) is 11.6 Å². The summed E-state index contributed by atoms with van der Waals surface area (Å²) < 4.78 is 11.3. The molecule has 0 unspecified atom stereocenters. The van der Waals surface area contributed by atoms with Crippen LogP contribution in [0.4, 0.5) is 0 Å². The summed E-state index contributed by atoms with van der Waals surface area (Å²) in [6, 6.07) is 0. The Bertz CT molecular complexity index is 830. The molecule has 4 heteroatoms. The molecule has 0 N–H and O–H groups in total. The molecule has 0 heterocycles. The highest BCUT2D eigenvalue weighted by Gasteiger charge is 2.59. The van der Waals surface area contributed by atoms with Crippen molar-refractivity contribution in [2.75, 3.05) is 0 Å². The Hall–Kier alpha value is -1.32. The second kappa shape index (κ2) is 10.2. The molecule has 0 aromatic carbocycles. The predicted octanol–water partition coefficient (Wildman–Crippen LogP) is 7.50. The van der Waals surface area contributed by atoms with Crippen molar-refractivity contribution >= 4 is 11.9 Å². The molecule has 0 aromatic heterocycles. The Morgan fingerprint density at radius 1 is 0.971 bits per heavy atom. The van der Waals surface area contributed by atoms with E-state index in [0.29, 0.717) is 22.7 Å². The Morgan fingerprint density at radius 2 is 1.71 bits per heavy atom. The average Bonchev–Trinajstić information content (AvgIpc) is 3.13. The molecule has 0 radical (unpaired) electrons. The molecule has 3 fully saturated rings. The zero-order valence-corrected chi connectivity index (χ0v) is 23.4. The quantitative estimate of drug-likeness (QED) is 0.276. The summed E-state index contributed by atoms with van der Waals surface area (Å²) in [4.78, 5) is 23.1. The van der Waals surface area contributed by atoms with Crippen LogP contribution in [0.2, 0.25) is 0 Å². The van der Waals surface area contributed by atoms with Crippen molar-refractivity contribution in [3.8, 4) is 0 Å². The first-order chi connectivity index (χ1) is 16.5. The highest BCUT2D eigenvalue weighted by atomic mass is 16.5. The topological polar surface area (TPSA) is 52.6 Å². The summed E-state index contributed by atoms with van der Waals surface area (Å²) in [5.74, 6) is 3.93. The number of allylic oxidation sites excluding steroid dienone is 1. The molecule has 0 bridgehead atoms. The summed E-state index contributed by atoms with van der Waals surface area (Å²) in [6.45, 7) is 15.0. The molecular formula is C31H50O4. The largest absolute Gasteiger partial charge is 0.462 e. The monoisotopic (exact) mass is 486 g/mol. The van der Waals surface area contributed by atoms with E-state index in [-0.39, 0.29) is 24.1 Å². The predicted molar refractivity (Wildman–Crippen MR) is 140 cm³/mol. The number of esters is 2. The maximum atomic E-state index is 11.6. The molecule has 4 nitrogen and oxygen atoms in total. The molecule has 0 saturated heterocycles. The minimum Gasteiger partial charge on any atom is -0.462 e. The fourth-order valence-corrected chi connectivity index (χ4v) is 9.31. The van der Waals surface area contributed by atoms with E-state index in [4.69, 9.17) is 9.47 Å². The number of fused-ring (bicyclic) bond motifs is 5. The molecule has 35 heavy (non-hydrogen) atoms. The third-order valence-electron chi connectivity index (χ3n) is 11.1. The maximum absolute atomic E-state index is 11.6. The zero-order valence-electron chi connectivity index (χ0n) is 23.4. The minimum absolute atomic E-state index is 0.0413. The molecule has 0 aliphatic heterocycles. The van der Waals surface area contributed by atoms with E-state index in [2.05, 4.69) is 40.7 Å². The first-order valence-electron chi connectivity index (χ1n) is 14.5. The summed E-state index contributed by atoms with van der Waals surface area (Å²) in [5.41, 5.74) is 2.30. The second-order valence-electron chi connectivity index (χ2n) is 13.4. The number of hydrogen-bond donors (Lipinski definition) is 0. The van der Waals surface area contributed by atoms with Gasteiger partial charge in [-0.25, -0.2) is 0 Å². The average molecular weight is 487 g/mol. The van der Waals surface area contributed by atoms with Crippen LogP contribution < -0.4 is 0 Å². The van der Waals surface area contributed by atoms with E-state index >= 15 is 0 Å². The smallest absolute Gasteiger partial charge is 0.302 e. The second-order valence-corrected chi connectivity index (χ2v) is 13.4. The minimum atomic E-state index is -0.150. The van der Waals surface area contributed by atoms with Crippen LogP contribution in [0.5, 0.6) is 0 Å². The van der Waals surface area contributed by atoms with E-state index in [9.17, 15) is 9.59 Å². The number of carbonyl (C=O) groups excluding carboxylic acids is 2. The van der Waals surface area contributed by atoms with Crippen LogP contribution in [0.3, 0.4) is 0 Å². The van der Waals surface area contributed by atoms with E-state index < -0.39 is 0 Å². The van der Waals surface area contributed by atoms with Gasteiger partial charge in [-0.15, -0.1) is 0 Å². The fourth-order valence-electron chi connectivity index (χ4n) is 9.31. The number of carbonyl (C=O) groups is 2. The Balaban J connectivity index is 1.44. The van der Waals surface area contributed by atoms with Gasteiger partial charge in [0.1, 0.15) is 12.2 Å². The van der Waals surface area contributed by atoms with Gasteiger partial charge in [-0.2, -0.15) is 0 Å². The highest BCUT2D eigenvalue weighted by Crippen LogP contribution is 2.67.